The standard InChI is InChI=1S/C36H43N5O5S/c1-4-36(2,3)39-26(21-24-13-7-5-8-14-24)31(42)37-27(22-25-15-9-6-10-16-25)33(43)41-20-12-18-30(41)34(44)40-19-11-17-29(40)32-38-28(23-47-32)35(45)46/h4-10,13-16,23,26-27,29-30,39H,1,11-12,17-22H2,2-3H3,(H,37,42)(H,45,46). The molecule has 3 aromatic rings. The Morgan fingerprint density at radius 2 is 1.55 bits per heavy atom. The number of nitrogens with zero attached hydrogens (tertiary/aromatic N) is 3. The zero-order chi connectivity index (χ0) is 33.6. The molecule has 10 nitrogen and oxygen atoms in total. The summed E-state index contributed by atoms with van der Waals surface area (Å²) in [5, 5.41) is 17.9. The normalized spacial score (nSPS) is 19.3. The average Bonchev–Trinajstić information content (AvgIpc) is 3.85. The Hall–Kier alpha value is -4.35. The van der Waals surface area contributed by atoms with Gasteiger partial charge >= 0.3 is 5.97 Å². The molecule has 0 bridgehead atoms. The van der Waals surface area contributed by atoms with Gasteiger partial charge in [0.05, 0.1) is 12.1 Å². The van der Waals surface area contributed by atoms with Crippen LogP contribution < -0.4 is 10.6 Å². The number of carbonyl (C=O) groups is 4. The van der Waals surface area contributed by atoms with E-state index in [0.717, 1.165) is 17.5 Å². The SMILES string of the molecule is C=CC(C)(C)NC(Cc1ccccc1)C(=O)NC(Cc1ccccc1)C(=O)N1CCCC1C(=O)N1CCCC1c1nc(C(=O)O)cs1. The number of hydrogen-bond donors (Lipinski definition) is 3. The van der Waals surface area contributed by atoms with E-state index in [0.29, 0.717) is 43.8 Å². The summed E-state index contributed by atoms with van der Waals surface area (Å²) in [5.74, 6) is -1.86. The molecule has 1 aromatic heterocycles. The van der Waals surface area contributed by atoms with Crippen LogP contribution in [0.25, 0.3) is 0 Å². The van der Waals surface area contributed by atoms with Crippen molar-refractivity contribution in [3.63, 3.8) is 0 Å². The van der Waals surface area contributed by atoms with E-state index < -0.39 is 29.6 Å². The first-order valence-electron chi connectivity index (χ1n) is 16.2. The van der Waals surface area contributed by atoms with Crippen LogP contribution in [0.3, 0.4) is 0 Å². The van der Waals surface area contributed by atoms with Gasteiger partial charge in [-0.3, -0.25) is 19.7 Å². The van der Waals surface area contributed by atoms with Gasteiger partial charge in [-0.2, -0.15) is 0 Å². The average molecular weight is 658 g/mol. The van der Waals surface area contributed by atoms with Gasteiger partial charge in [-0.25, -0.2) is 9.78 Å². The van der Waals surface area contributed by atoms with Crippen molar-refractivity contribution in [2.75, 3.05) is 13.1 Å². The van der Waals surface area contributed by atoms with Crippen LogP contribution in [-0.4, -0.2) is 80.3 Å². The number of aromatic nitrogens is 1. The third-order valence-electron chi connectivity index (χ3n) is 8.94. The van der Waals surface area contributed by atoms with Crippen molar-refractivity contribution in [1.82, 2.24) is 25.4 Å². The van der Waals surface area contributed by atoms with Crippen molar-refractivity contribution in [1.29, 1.82) is 0 Å². The number of likely N-dealkylation sites (tertiary alicyclic amines) is 2. The molecular formula is C36H43N5O5S. The summed E-state index contributed by atoms with van der Waals surface area (Å²) in [5.41, 5.74) is 1.30. The van der Waals surface area contributed by atoms with Crippen molar-refractivity contribution in [3.05, 3.63) is 101 Å². The van der Waals surface area contributed by atoms with Crippen LogP contribution in [-0.2, 0) is 27.2 Å². The molecule has 3 N–H and O–H groups in total. The highest BCUT2D eigenvalue weighted by atomic mass is 32.1. The highest BCUT2D eigenvalue weighted by molar-refractivity contribution is 7.09. The lowest BCUT2D eigenvalue weighted by atomic mass is 9.98. The van der Waals surface area contributed by atoms with Crippen LogP contribution in [0, 0.1) is 0 Å². The Balaban J connectivity index is 1.37. The number of carboxylic acids is 1. The predicted molar refractivity (Wildman–Crippen MR) is 181 cm³/mol. The molecule has 2 aliphatic rings. The van der Waals surface area contributed by atoms with E-state index in [2.05, 4.69) is 22.2 Å². The molecule has 5 rings (SSSR count). The molecule has 47 heavy (non-hydrogen) atoms. The summed E-state index contributed by atoms with van der Waals surface area (Å²) in [6.07, 6.45) is 5.08. The fraction of sp³-hybridized carbons (Fsp3) is 0.417. The van der Waals surface area contributed by atoms with Gasteiger partial charge in [-0.15, -0.1) is 17.9 Å². The van der Waals surface area contributed by atoms with Crippen molar-refractivity contribution >= 4 is 35.0 Å². The van der Waals surface area contributed by atoms with E-state index in [4.69, 9.17) is 0 Å². The summed E-state index contributed by atoms with van der Waals surface area (Å²) in [6, 6.07) is 16.7. The Bertz CT molecular complexity index is 1580. The quantitative estimate of drug-likeness (QED) is 0.233. The van der Waals surface area contributed by atoms with E-state index in [1.165, 1.54) is 16.7 Å². The number of hydrogen-bond acceptors (Lipinski definition) is 7. The highest BCUT2D eigenvalue weighted by Gasteiger charge is 2.43. The predicted octanol–water partition coefficient (Wildman–Crippen LogP) is 4.39. The number of amides is 3. The summed E-state index contributed by atoms with van der Waals surface area (Å²) in [6.45, 7) is 8.73. The first-order valence-corrected chi connectivity index (χ1v) is 17.0. The summed E-state index contributed by atoms with van der Waals surface area (Å²) in [4.78, 5) is 61.6. The van der Waals surface area contributed by atoms with Crippen molar-refractivity contribution in [2.45, 2.75) is 82.1 Å². The van der Waals surface area contributed by atoms with E-state index in [1.807, 2.05) is 74.5 Å². The summed E-state index contributed by atoms with van der Waals surface area (Å²) < 4.78 is 0. The lowest BCUT2D eigenvalue weighted by Gasteiger charge is -2.34. The molecule has 4 atom stereocenters. The van der Waals surface area contributed by atoms with Gasteiger partial charge in [-0.1, -0.05) is 66.7 Å². The summed E-state index contributed by atoms with van der Waals surface area (Å²) >= 11 is 1.24. The first kappa shape index (κ1) is 34.0. The number of aromatic carboxylic acids is 1. The van der Waals surface area contributed by atoms with Crippen molar-refractivity contribution in [2.24, 2.45) is 0 Å². The molecule has 0 radical (unpaired) electrons. The van der Waals surface area contributed by atoms with Gasteiger partial charge in [0.15, 0.2) is 5.69 Å². The second-order valence-electron chi connectivity index (χ2n) is 12.8. The highest BCUT2D eigenvalue weighted by Crippen LogP contribution is 2.36. The number of rotatable bonds is 13. The van der Waals surface area contributed by atoms with Gasteiger partial charge in [0.1, 0.15) is 17.1 Å². The molecule has 2 aromatic carbocycles. The maximum atomic E-state index is 14.4. The Kier molecular flexibility index (Phi) is 10.9. The minimum atomic E-state index is -1.10. The largest absolute Gasteiger partial charge is 0.476 e. The molecule has 0 aliphatic carbocycles. The van der Waals surface area contributed by atoms with Crippen LogP contribution in [0.4, 0.5) is 0 Å². The molecule has 4 unspecified atom stereocenters. The van der Waals surface area contributed by atoms with Crippen LogP contribution in [0.1, 0.15) is 72.2 Å². The Labute approximate surface area is 279 Å². The molecule has 3 heterocycles. The van der Waals surface area contributed by atoms with Crippen LogP contribution in [0.15, 0.2) is 78.7 Å². The van der Waals surface area contributed by atoms with Gasteiger partial charge in [0.2, 0.25) is 17.7 Å². The van der Waals surface area contributed by atoms with Crippen LogP contribution in [0.5, 0.6) is 0 Å². The Morgan fingerprint density at radius 3 is 2.15 bits per heavy atom. The fourth-order valence-corrected chi connectivity index (χ4v) is 7.33. The second-order valence-corrected chi connectivity index (χ2v) is 13.7. The first-order chi connectivity index (χ1) is 22.6. The monoisotopic (exact) mass is 657 g/mol. The third kappa shape index (κ3) is 8.33. The number of carboxylic acid groups (broad SMARTS) is 1. The molecule has 248 valence electrons. The molecule has 0 spiro atoms. The molecular weight excluding hydrogens is 614 g/mol. The number of carbonyl (C=O) groups excluding carboxylic acids is 3. The third-order valence-corrected chi connectivity index (χ3v) is 9.88. The zero-order valence-electron chi connectivity index (χ0n) is 26.9. The Morgan fingerprint density at radius 1 is 0.957 bits per heavy atom. The fourth-order valence-electron chi connectivity index (χ4n) is 6.39. The van der Waals surface area contributed by atoms with Gasteiger partial charge in [-0.05, 0) is 57.1 Å². The number of benzene rings is 2. The molecule has 2 fully saturated rings. The maximum absolute atomic E-state index is 14.4. The molecule has 11 heteroatoms. The minimum Gasteiger partial charge on any atom is -0.476 e. The second kappa shape index (κ2) is 15.0. The lowest BCUT2D eigenvalue weighted by Crippen LogP contribution is -2.59. The summed E-state index contributed by atoms with van der Waals surface area (Å²) in [7, 11) is 0. The topological polar surface area (TPSA) is 132 Å². The van der Waals surface area contributed by atoms with Crippen molar-refractivity contribution in [3.8, 4) is 0 Å². The number of nitrogens with one attached hydrogen (secondary N) is 2. The molecule has 2 aliphatic heterocycles. The van der Waals surface area contributed by atoms with Gasteiger partial charge in [0, 0.05) is 30.4 Å². The van der Waals surface area contributed by atoms with E-state index in [1.54, 1.807) is 15.9 Å². The maximum Gasteiger partial charge on any atom is 0.355 e. The van der Waals surface area contributed by atoms with E-state index in [9.17, 15) is 24.3 Å². The van der Waals surface area contributed by atoms with Gasteiger partial charge in [0.25, 0.3) is 0 Å². The van der Waals surface area contributed by atoms with E-state index in [-0.39, 0.29) is 35.9 Å². The molecule has 3 amide bonds. The smallest absolute Gasteiger partial charge is 0.355 e. The molecule has 2 saturated heterocycles. The minimum absolute atomic E-state index is 0.0296. The lowest BCUT2D eigenvalue weighted by molar-refractivity contribution is -0.146. The molecule has 0 saturated carbocycles. The zero-order valence-corrected chi connectivity index (χ0v) is 27.7. The van der Waals surface area contributed by atoms with E-state index >= 15 is 0 Å². The van der Waals surface area contributed by atoms with Crippen LogP contribution >= 0.6 is 11.3 Å². The van der Waals surface area contributed by atoms with Gasteiger partial charge < -0.3 is 20.2 Å². The van der Waals surface area contributed by atoms with Crippen molar-refractivity contribution < 1.29 is 24.3 Å². The van der Waals surface area contributed by atoms with Crippen LogP contribution in [0.2, 0.25) is 0 Å². The number of thiazole rings is 1.